The molecule has 5 rings (SSSR count). The Kier molecular flexibility index (Phi) is 7.13. The summed E-state index contributed by atoms with van der Waals surface area (Å²) in [6.07, 6.45) is 5.64. The molecule has 1 atom stereocenters. The lowest BCUT2D eigenvalue weighted by atomic mass is 9.84. The Morgan fingerprint density at radius 3 is 2.54 bits per heavy atom. The molecule has 7 heteroatoms. The summed E-state index contributed by atoms with van der Waals surface area (Å²) in [5.74, 6) is 0.361. The minimum Gasteiger partial charge on any atom is -0.435 e. The quantitative estimate of drug-likeness (QED) is 0.398. The van der Waals surface area contributed by atoms with Gasteiger partial charge in [-0.25, -0.2) is 9.07 Å². The molecule has 2 aromatic carbocycles. The van der Waals surface area contributed by atoms with Gasteiger partial charge in [0.2, 0.25) is 11.8 Å². The second-order valence-corrected chi connectivity index (χ2v) is 9.35. The lowest BCUT2D eigenvalue weighted by Crippen LogP contribution is -2.42. The first-order chi connectivity index (χ1) is 17.1. The number of hydrogen-bond acceptors (Lipinski definition) is 4. The van der Waals surface area contributed by atoms with Crippen LogP contribution in [0.2, 0.25) is 0 Å². The Morgan fingerprint density at radius 2 is 1.89 bits per heavy atom. The van der Waals surface area contributed by atoms with Crippen LogP contribution in [0.1, 0.15) is 50.3 Å². The van der Waals surface area contributed by atoms with Crippen molar-refractivity contribution in [2.75, 3.05) is 13.2 Å². The molecule has 3 aromatic rings. The number of aromatic nitrogens is 2. The Morgan fingerprint density at radius 1 is 1.11 bits per heavy atom. The van der Waals surface area contributed by atoms with Crippen LogP contribution in [0.25, 0.3) is 5.69 Å². The van der Waals surface area contributed by atoms with Crippen LogP contribution in [0, 0.1) is 11.7 Å². The largest absolute Gasteiger partial charge is 0.435 e. The SMILES string of the molecule is CCc1nn(-c2ccccc2)c(Oc2ccccc2F)c1CN(C[C@@H]1CCCO1)C(=O)C1CCC1. The number of amides is 1. The zero-order valence-electron chi connectivity index (χ0n) is 20.2. The number of rotatable bonds is 9. The van der Waals surface area contributed by atoms with Gasteiger partial charge in [-0.05, 0) is 56.4 Å². The van der Waals surface area contributed by atoms with Crippen LogP contribution in [0.3, 0.4) is 0 Å². The van der Waals surface area contributed by atoms with E-state index in [4.69, 9.17) is 14.6 Å². The smallest absolute Gasteiger partial charge is 0.228 e. The Balaban J connectivity index is 1.55. The Bertz CT molecular complexity index is 1150. The fraction of sp³-hybridized carbons (Fsp3) is 0.429. The van der Waals surface area contributed by atoms with Gasteiger partial charge in [-0.3, -0.25) is 4.79 Å². The van der Waals surface area contributed by atoms with Gasteiger partial charge in [-0.1, -0.05) is 43.7 Å². The topological polar surface area (TPSA) is 56.6 Å². The maximum absolute atomic E-state index is 14.6. The van der Waals surface area contributed by atoms with E-state index in [1.54, 1.807) is 22.9 Å². The van der Waals surface area contributed by atoms with E-state index in [1.165, 1.54) is 6.07 Å². The summed E-state index contributed by atoms with van der Waals surface area (Å²) in [6, 6.07) is 16.0. The molecule has 1 aliphatic heterocycles. The van der Waals surface area contributed by atoms with Gasteiger partial charge in [0.05, 0.1) is 29.6 Å². The average Bonchev–Trinajstić information content (AvgIpc) is 3.47. The number of para-hydroxylation sites is 2. The van der Waals surface area contributed by atoms with E-state index in [9.17, 15) is 9.18 Å². The van der Waals surface area contributed by atoms with E-state index in [2.05, 4.69) is 0 Å². The van der Waals surface area contributed by atoms with Crippen LogP contribution < -0.4 is 4.74 Å². The molecule has 0 N–H and O–H groups in total. The summed E-state index contributed by atoms with van der Waals surface area (Å²) in [4.78, 5) is 15.4. The van der Waals surface area contributed by atoms with Crippen LogP contribution in [-0.2, 0) is 22.5 Å². The van der Waals surface area contributed by atoms with E-state index in [0.29, 0.717) is 25.4 Å². The molecule has 1 aromatic heterocycles. The average molecular weight is 478 g/mol. The predicted molar refractivity (Wildman–Crippen MR) is 131 cm³/mol. The molecule has 35 heavy (non-hydrogen) atoms. The Hall–Kier alpha value is -3.19. The van der Waals surface area contributed by atoms with E-state index >= 15 is 0 Å². The molecule has 0 bridgehead atoms. The first-order valence-electron chi connectivity index (χ1n) is 12.6. The predicted octanol–water partition coefficient (Wildman–Crippen LogP) is 5.67. The molecule has 1 saturated carbocycles. The number of benzene rings is 2. The van der Waals surface area contributed by atoms with Crippen molar-refractivity contribution in [2.45, 2.75) is 58.1 Å². The first kappa shape index (κ1) is 23.5. The molecule has 6 nitrogen and oxygen atoms in total. The summed E-state index contributed by atoms with van der Waals surface area (Å²) < 4.78 is 28.4. The summed E-state index contributed by atoms with van der Waals surface area (Å²) >= 11 is 0. The van der Waals surface area contributed by atoms with Crippen molar-refractivity contribution in [3.63, 3.8) is 0 Å². The third-order valence-corrected chi connectivity index (χ3v) is 6.96. The molecular weight excluding hydrogens is 445 g/mol. The number of carbonyl (C=O) groups is 1. The lowest BCUT2D eigenvalue weighted by molar-refractivity contribution is -0.140. The number of halogens is 1. The van der Waals surface area contributed by atoms with Crippen LogP contribution >= 0.6 is 0 Å². The number of aryl methyl sites for hydroxylation is 1. The molecule has 2 fully saturated rings. The fourth-order valence-electron chi connectivity index (χ4n) is 4.77. The van der Waals surface area contributed by atoms with Crippen molar-refractivity contribution in [2.24, 2.45) is 5.92 Å². The van der Waals surface area contributed by atoms with Crippen molar-refractivity contribution < 1.29 is 18.7 Å². The van der Waals surface area contributed by atoms with Gasteiger partial charge in [0, 0.05) is 19.1 Å². The highest BCUT2D eigenvalue weighted by Crippen LogP contribution is 2.35. The van der Waals surface area contributed by atoms with Gasteiger partial charge in [-0.2, -0.15) is 5.10 Å². The second-order valence-electron chi connectivity index (χ2n) is 9.35. The number of carbonyl (C=O) groups excluding carboxylic acids is 1. The van der Waals surface area contributed by atoms with E-state index in [-0.39, 0.29) is 23.7 Å². The molecule has 1 saturated heterocycles. The van der Waals surface area contributed by atoms with Crippen LogP contribution in [0.5, 0.6) is 11.6 Å². The minimum absolute atomic E-state index is 0.0456. The summed E-state index contributed by atoms with van der Waals surface area (Å²) in [6.45, 7) is 3.68. The lowest BCUT2D eigenvalue weighted by Gasteiger charge is -2.33. The number of nitrogens with zero attached hydrogens (tertiary/aromatic N) is 3. The van der Waals surface area contributed by atoms with Gasteiger partial charge in [0.15, 0.2) is 11.6 Å². The van der Waals surface area contributed by atoms with E-state index in [1.807, 2.05) is 42.2 Å². The molecule has 0 radical (unpaired) electrons. The van der Waals surface area contributed by atoms with Crippen LogP contribution in [-0.4, -0.2) is 39.8 Å². The minimum atomic E-state index is -0.445. The molecule has 0 unspecified atom stereocenters. The molecular formula is C28H32FN3O3. The maximum Gasteiger partial charge on any atom is 0.228 e. The van der Waals surface area contributed by atoms with Gasteiger partial charge in [-0.15, -0.1) is 0 Å². The third-order valence-electron chi connectivity index (χ3n) is 6.96. The number of hydrogen-bond donors (Lipinski definition) is 0. The van der Waals surface area contributed by atoms with E-state index < -0.39 is 5.82 Å². The normalized spacial score (nSPS) is 17.8. The number of ether oxygens (including phenoxy) is 2. The highest BCUT2D eigenvalue weighted by molar-refractivity contribution is 5.79. The van der Waals surface area contributed by atoms with Crippen molar-refractivity contribution >= 4 is 5.91 Å². The van der Waals surface area contributed by atoms with Gasteiger partial charge < -0.3 is 14.4 Å². The van der Waals surface area contributed by atoms with Gasteiger partial charge in [0.1, 0.15) is 0 Å². The van der Waals surface area contributed by atoms with Crippen LogP contribution in [0.4, 0.5) is 4.39 Å². The van der Waals surface area contributed by atoms with E-state index in [0.717, 1.165) is 55.7 Å². The highest BCUT2D eigenvalue weighted by atomic mass is 19.1. The van der Waals surface area contributed by atoms with Gasteiger partial charge in [0.25, 0.3) is 0 Å². The monoisotopic (exact) mass is 477 g/mol. The van der Waals surface area contributed by atoms with Crippen molar-refractivity contribution in [1.29, 1.82) is 0 Å². The molecule has 1 aliphatic carbocycles. The van der Waals surface area contributed by atoms with Gasteiger partial charge >= 0.3 is 0 Å². The molecule has 184 valence electrons. The molecule has 2 heterocycles. The molecule has 2 aliphatic rings. The zero-order valence-corrected chi connectivity index (χ0v) is 20.2. The highest BCUT2D eigenvalue weighted by Gasteiger charge is 2.33. The Labute approximate surface area is 205 Å². The molecule has 0 spiro atoms. The zero-order chi connectivity index (χ0) is 24.2. The summed E-state index contributed by atoms with van der Waals surface area (Å²) in [5, 5.41) is 4.85. The first-order valence-corrected chi connectivity index (χ1v) is 12.6. The summed E-state index contributed by atoms with van der Waals surface area (Å²) in [7, 11) is 0. The third kappa shape index (κ3) is 5.10. The fourth-order valence-corrected chi connectivity index (χ4v) is 4.77. The maximum atomic E-state index is 14.6. The summed E-state index contributed by atoms with van der Waals surface area (Å²) in [5.41, 5.74) is 2.46. The van der Waals surface area contributed by atoms with Crippen LogP contribution in [0.15, 0.2) is 54.6 Å². The van der Waals surface area contributed by atoms with Crippen molar-refractivity contribution in [3.05, 3.63) is 71.7 Å². The molecule has 1 amide bonds. The van der Waals surface area contributed by atoms with Crippen molar-refractivity contribution in [3.8, 4) is 17.3 Å². The second kappa shape index (κ2) is 10.6. The standard InChI is InChI=1S/C28H32FN3O3/c1-2-25-23(19-31(18-22-14-9-17-34-22)27(33)20-10-8-11-20)28(35-26-16-7-6-15-24(26)29)32(30-25)21-12-4-3-5-13-21/h3-7,12-13,15-16,20,22H,2,8-11,14,17-19H2,1H3/t22-/m0/s1. The van der Waals surface area contributed by atoms with Crippen molar-refractivity contribution in [1.82, 2.24) is 14.7 Å².